The first-order valence-electron chi connectivity index (χ1n) is 3.01. The van der Waals surface area contributed by atoms with Crippen molar-refractivity contribution in [3.05, 3.63) is 32.5 Å². The first-order chi connectivity index (χ1) is 5.97. The summed E-state index contributed by atoms with van der Waals surface area (Å²) in [4.78, 5) is -0.159. The maximum absolute atomic E-state index is 11.1. The summed E-state index contributed by atoms with van der Waals surface area (Å²) >= 11 is 16.1. The van der Waals surface area contributed by atoms with Crippen LogP contribution in [0.2, 0.25) is 10.0 Å². The van der Waals surface area contributed by atoms with Crippen LogP contribution in [0.5, 0.6) is 0 Å². The summed E-state index contributed by atoms with van der Waals surface area (Å²) in [6, 6.07) is 3.94. The van der Waals surface area contributed by atoms with Crippen LogP contribution >= 0.6 is 35.0 Å². The fourth-order valence-electron chi connectivity index (χ4n) is 0.722. The molecule has 0 saturated heterocycles. The Hall–Kier alpha value is 1.000. The zero-order valence-electron chi connectivity index (χ0n) is 7.04. The average Bonchev–Trinajstić information content (AvgIpc) is 2.03. The smallest absolute Gasteiger partial charge is 0.458 e. The first kappa shape index (κ1) is 15.0. The van der Waals surface area contributed by atoms with Crippen molar-refractivity contribution in [1.82, 2.24) is 0 Å². The predicted octanol–water partition coefficient (Wildman–Crippen LogP) is 0.214. The monoisotopic (exact) mass is 281 g/mol. The number of nitrogens with zero attached hydrogens (tertiary/aromatic N) is 1. The van der Waals surface area contributed by atoms with Gasteiger partial charge in [-0.05, 0) is 18.2 Å². The van der Waals surface area contributed by atoms with E-state index in [-0.39, 0.29) is 39.5 Å². The van der Waals surface area contributed by atoms with E-state index < -0.39 is 10.0 Å². The van der Waals surface area contributed by atoms with Crippen molar-refractivity contribution in [2.24, 2.45) is 0 Å². The number of hydrogen-bond donors (Lipinski definition) is 0. The van der Waals surface area contributed by atoms with Crippen LogP contribution in [0.3, 0.4) is 0 Å². The van der Waals surface area contributed by atoms with Crippen LogP contribution in [0.1, 0.15) is 0 Å². The molecule has 0 heterocycles. The fourth-order valence-corrected chi connectivity index (χ4v) is 2.27. The Morgan fingerprint density at radius 1 is 1.21 bits per heavy atom. The van der Waals surface area contributed by atoms with Crippen molar-refractivity contribution in [2.75, 3.05) is 0 Å². The molecule has 0 bridgehead atoms. The molecule has 1 rings (SSSR count). The summed E-state index contributed by atoms with van der Waals surface area (Å²) < 4.78 is 24.9. The Balaban J connectivity index is 0.00000169. The molecule has 0 N–H and O–H groups in total. The molecular weight excluding hydrogens is 279 g/mol. The molecule has 0 fully saturated rings. The summed E-state index contributed by atoms with van der Waals surface area (Å²) in [6.07, 6.45) is 0. The third-order valence-corrected chi connectivity index (χ3v) is 3.56. The van der Waals surface area contributed by atoms with Crippen molar-refractivity contribution in [2.45, 2.75) is 4.90 Å². The van der Waals surface area contributed by atoms with Gasteiger partial charge in [0.15, 0.2) is 0 Å². The normalized spacial score (nSPS) is 10.8. The Kier molecular flexibility index (Phi) is 6.34. The van der Waals surface area contributed by atoms with Crippen LogP contribution in [0, 0.1) is 0 Å². The van der Waals surface area contributed by atoms with E-state index >= 15 is 0 Å². The molecule has 0 spiro atoms. The van der Waals surface area contributed by atoms with Crippen molar-refractivity contribution < 1.29 is 38.0 Å². The van der Waals surface area contributed by atoms with Gasteiger partial charge >= 0.3 is 29.6 Å². The van der Waals surface area contributed by atoms with Gasteiger partial charge < -0.3 is 4.24 Å². The van der Waals surface area contributed by atoms with Gasteiger partial charge in [-0.3, -0.25) is 11.8 Å². The minimum Gasteiger partial charge on any atom is -0.458 e. The molecule has 0 aliphatic heterocycles. The van der Waals surface area contributed by atoms with Crippen LogP contribution in [-0.4, -0.2) is 8.42 Å². The maximum atomic E-state index is 11.1. The SMILES string of the molecule is O=S(=O)([N-]Cl)c1ccc(Cl)cc1Cl.[Na+]. The summed E-state index contributed by atoms with van der Waals surface area (Å²) in [5.74, 6) is 0. The largest absolute Gasteiger partial charge is 1.00 e. The molecule has 0 radical (unpaired) electrons. The van der Waals surface area contributed by atoms with Crippen molar-refractivity contribution in [3.63, 3.8) is 0 Å². The van der Waals surface area contributed by atoms with E-state index in [9.17, 15) is 8.42 Å². The molecule has 3 nitrogen and oxygen atoms in total. The maximum Gasteiger partial charge on any atom is 1.00 e. The van der Waals surface area contributed by atoms with Crippen LogP contribution in [0.15, 0.2) is 23.1 Å². The fraction of sp³-hybridized carbons (Fsp3) is 0. The number of halogens is 3. The molecule has 0 saturated carbocycles. The molecule has 0 unspecified atom stereocenters. The van der Waals surface area contributed by atoms with Gasteiger partial charge in [-0.2, -0.15) is 0 Å². The number of rotatable bonds is 2. The van der Waals surface area contributed by atoms with E-state index in [1.54, 1.807) is 0 Å². The van der Waals surface area contributed by atoms with Gasteiger partial charge in [0.2, 0.25) is 0 Å². The minimum atomic E-state index is -3.85. The molecule has 1 aromatic carbocycles. The van der Waals surface area contributed by atoms with Crippen molar-refractivity contribution in [1.29, 1.82) is 0 Å². The van der Waals surface area contributed by atoms with E-state index in [1.165, 1.54) is 18.2 Å². The first-order valence-corrected chi connectivity index (χ1v) is 5.54. The molecule has 1 aromatic rings. The van der Waals surface area contributed by atoms with Gasteiger partial charge in [-0.15, -0.1) is 0 Å². The van der Waals surface area contributed by atoms with E-state index in [1.807, 2.05) is 0 Å². The van der Waals surface area contributed by atoms with E-state index in [0.717, 1.165) is 0 Å². The Bertz CT molecular complexity index is 423. The summed E-state index contributed by atoms with van der Waals surface area (Å²) in [6.45, 7) is 0. The van der Waals surface area contributed by atoms with E-state index in [0.29, 0.717) is 5.02 Å². The summed E-state index contributed by atoms with van der Waals surface area (Å²) in [5.41, 5.74) is 0. The third kappa shape index (κ3) is 3.54. The van der Waals surface area contributed by atoms with E-state index in [4.69, 9.17) is 35.0 Å². The standard InChI is InChI=1S/C6H3Cl3NO2S.Na/c7-4-1-2-6(5(8)3-4)13(11,12)10-9;/h1-3H;/q-1;+1. The molecular formula is C6H3Cl3NNaO2S. The zero-order chi connectivity index (χ0) is 10.1. The Labute approximate surface area is 119 Å². The number of benzene rings is 1. The second-order valence-corrected chi connectivity index (χ2v) is 4.90. The Morgan fingerprint density at radius 2 is 1.79 bits per heavy atom. The van der Waals surface area contributed by atoms with Gasteiger partial charge in [0.05, 0.1) is 9.92 Å². The van der Waals surface area contributed by atoms with Crippen LogP contribution in [0.25, 0.3) is 4.24 Å². The van der Waals surface area contributed by atoms with Crippen LogP contribution < -0.4 is 29.6 Å². The third-order valence-electron chi connectivity index (χ3n) is 1.26. The molecule has 0 aliphatic rings. The van der Waals surface area contributed by atoms with Gasteiger partial charge in [0, 0.05) is 5.02 Å². The van der Waals surface area contributed by atoms with E-state index in [2.05, 4.69) is 4.24 Å². The summed E-state index contributed by atoms with van der Waals surface area (Å²) in [5, 5.41) is 0.343. The number of sulfonamides is 1. The molecule has 0 aliphatic carbocycles. The predicted molar refractivity (Wildman–Crippen MR) is 52.9 cm³/mol. The topological polar surface area (TPSA) is 48.2 Å². The van der Waals surface area contributed by atoms with Crippen LogP contribution in [0.4, 0.5) is 0 Å². The van der Waals surface area contributed by atoms with Crippen LogP contribution in [-0.2, 0) is 10.0 Å². The van der Waals surface area contributed by atoms with Gasteiger partial charge in [0.25, 0.3) is 0 Å². The molecule has 72 valence electrons. The minimum absolute atomic E-state index is 0. The zero-order valence-corrected chi connectivity index (χ0v) is 12.1. The molecule has 14 heavy (non-hydrogen) atoms. The van der Waals surface area contributed by atoms with Crippen molar-refractivity contribution >= 4 is 45.0 Å². The molecule has 0 amide bonds. The quantitative estimate of drug-likeness (QED) is 0.728. The molecule has 0 aromatic heterocycles. The second kappa shape index (κ2) is 5.92. The number of hydrogen-bond acceptors (Lipinski definition) is 2. The second-order valence-electron chi connectivity index (χ2n) is 2.12. The van der Waals surface area contributed by atoms with Crippen molar-refractivity contribution in [3.8, 4) is 0 Å². The molecule has 8 heteroatoms. The Morgan fingerprint density at radius 3 is 2.21 bits per heavy atom. The van der Waals surface area contributed by atoms with Gasteiger partial charge in [-0.25, -0.2) is 8.42 Å². The van der Waals surface area contributed by atoms with Gasteiger partial charge in [-0.1, -0.05) is 23.2 Å². The molecule has 0 atom stereocenters. The average molecular weight is 283 g/mol. The summed E-state index contributed by atoms with van der Waals surface area (Å²) in [7, 11) is -3.85. The van der Waals surface area contributed by atoms with Gasteiger partial charge in [0.1, 0.15) is 10.0 Å².